The van der Waals surface area contributed by atoms with Crippen molar-refractivity contribution >= 4 is 0 Å². The molecule has 0 radical (unpaired) electrons. The fourth-order valence-corrected chi connectivity index (χ4v) is 1.43. The predicted octanol–water partition coefficient (Wildman–Crippen LogP) is 1.86. The second kappa shape index (κ2) is 6.43. The molecule has 0 aliphatic rings. The van der Waals surface area contributed by atoms with Gasteiger partial charge in [-0.05, 0) is 44.0 Å². The van der Waals surface area contributed by atoms with Crippen LogP contribution in [0.1, 0.15) is 31.4 Å². The topological polar surface area (TPSA) is 55.5 Å². The van der Waals surface area contributed by atoms with Crippen LogP contribution in [0.15, 0.2) is 24.3 Å². The molecule has 84 valence electrons. The molecule has 0 saturated carbocycles. The Bertz CT molecular complexity index is 271. The van der Waals surface area contributed by atoms with E-state index in [0.29, 0.717) is 19.6 Å². The van der Waals surface area contributed by atoms with Gasteiger partial charge >= 0.3 is 0 Å². The lowest BCUT2D eigenvalue weighted by Crippen LogP contribution is -2.03. The standard InChI is InChI=1S/C12H19NO2/c1-2-15-11-7-5-10(6-8-11)12(14)4-3-9-13/h5-8,12,14H,2-4,9,13H2,1H3. The van der Waals surface area contributed by atoms with Crippen molar-refractivity contribution in [2.75, 3.05) is 13.2 Å². The molecule has 1 atom stereocenters. The van der Waals surface area contributed by atoms with Gasteiger partial charge in [0.05, 0.1) is 12.7 Å². The fourth-order valence-electron chi connectivity index (χ4n) is 1.43. The van der Waals surface area contributed by atoms with E-state index >= 15 is 0 Å². The summed E-state index contributed by atoms with van der Waals surface area (Å²) in [5.74, 6) is 0.840. The van der Waals surface area contributed by atoms with E-state index in [-0.39, 0.29) is 0 Å². The largest absolute Gasteiger partial charge is 0.494 e. The summed E-state index contributed by atoms with van der Waals surface area (Å²) in [6.45, 7) is 3.23. The van der Waals surface area contributed by atoms with E-state index in [1.54, 1.807) is 0 Å². The van der Waals surface area contributed by atoms with Crippen molar-refractivity contribution in [3.8, 4) is 5.75 Å². The van der Waals surface area contributed by atoms with E-state index in [2.05, 4.69) is 0 Å². The van der Waals surface area contributed by atoms with Crippen LogP contribution in [0.5, 0.6) is 5.75 Å². The molecule has 0 spiro atoms. The lowest BCUT2D eigenvalue weighted by molar-refractivity contribution is 0.165. The highest BCUT2D eigenvalue weighted by molar-refractivity contribution is 5.28. The zero-order valence-corrected chi connectivity index (χ0v) is 9.15. The quantitative estimate of drug-likeness (QED) is 0.752. The lowest BCUT2D eigenvalue weighted by Gasteiger charge is -2.11. The molecule has 3 N–H and O–H groups in total. The Balaban J connectivity index is 2.54. The first-order valence-corrected chi connectivity index (χ1v) is 5.38. The van der Waals surface area contributed by atoms with Crippen molar-refractivity contribution in [2.45, 2.75) is 25.9 Å². The molecule has 0 bridgehead atoms. The maximum absolute atomic E-state index is 9.78. The molecule has 0 saturated heterocycles. The third-order valence-corrected chi connectivity index (χ3v) is 2.26. The average Bonchev–Trinajstić information content (AvgIpc) is 2.27. The van der Waals surface area contributed by atoms with Gasteiger partial charge in [0.15, 0.2) is 0 Å². The molecule has 3 heteroatoms. The Morgan fingerprint density at radius 2 is 2.00 bits per heavy atom. The summed E-state index contributed by atoms with van der Waals surface area (Å²) >= 11 is 0. The molecule has 0 amide bonds. The molecule has 1 aromatic carbocycles. The minimum Gasteiger partial charge on any atom is -0.494 e. The maximum atomic E-state index is 9.78. The van der Waals surface area contributed by atoms with E-state index in [4.69, 9.17) is 10.5 Å². The number of aliphatic hydroxyl groups excluding tert-OH is 1. The number of aliphatic hydroxyl groups is 1. The Kier molecular flexibility index (Phi) is 5.15. The van der Waals surface area contributed by atoms with Crippen LogP contribution < -0.4 is 10.5 Å². The number of hydrogen-bond acceptors (Lipinski definition) is 3. The van der Waals surface area contributed by atoms with Crippen LogP contribution in [0, 0.1) is 0 Å². The van der Waals surface area contributed by atoms with E-state index < -0.39 is 6.10 Å². The molecule has 0 aromatic heterocycles. The average molecular weight is 209 g/mol. The Morgan fingerprint density at radius 1 is 1.33 bits per heavy atom. The molecule has 0 heterocycles. The minimum absolute atomic E-state index is 0.413. The maximum Gasteiger partial charge on any atom is 0.119 e. The summed E-state index contributed by atoms with van der Waals surface area (Å²) in [6.07, 6.45) is 1.14. The van der Waals surface area contributed by atoms with Crippen molar-refractivity contribution in [3.05, 3.63) is 29.8 Å². The fraction of sp³-hybridized carbons (Fsp3) is 0.500. The Morgan fingerprint density at radius 3 is 2.53 bits per heavy atom. The molecule has 1 unspecified atom stereocenters. The van der Waals surface area contributed by atoms with Crippen LogP contribution in [0.3, 0.4) is 0 Å². The van der Waals surface area contributed by atoms with E-state index in [1.165, 1.54) is 0 Å². The molecule has 0 aliphatic carbocycles. The van der Waals surface area contributed by atoms with Crippen LogP contribution in [0.2, 0.25) is 0 Å². The molecule has 0 aliphatic heterocycles. The van der Waals surface area contributed by atoms with Crippen molar-refractivity contribution in [1.29, 1.82) is 0 Å². The summed E-state index contributed by atoms with van der Waals surface area (Å²) in [5.41, 5.74) is 6.31. The summed E-state index contributed by atoms with van der Waals surface area (Å²) < 4.78 is 5.32. The van der Waals surface area contributed by atoms with Gasteiger partial charge in [0, 0.05) is 0 Å². The lowest BCUT2D eigenvalue weighted by atomic mass is 10.1. The number of rotatable bonds is 6. The molecule has 15 heavy (non-hydrogen) atoms. The normalized spacial score (nSPS) is 12.5. The van der Waals surface area contributed by atoms with E-state index in [0.717, 1.165) is 17.7 Å². The van der Waals surface area contributed by atoms with E-state index in [9.17, 15) is 5.11 Å². The zero-order chi connectivity index (χ0) is 11.1. The van der Waals surface area contributed by atoms with Gasteiger partial charge in [-0.3, -0.25) is 0 Å². The van der Waals surface area contributed by atoms with Gasteiger partial charge in [0.25, 0.3) is 0 Å². The summed E-state index contributed by atoms with van der Waals surface area (Å²) in [5, 5.41) is 9.78. The van der Waals surface area contributed by atoms with Gasteiger partial charge in [-0.25, -0.2) is 0 Å². The zero-order valence-electron chi connectivity index (χ0n) is 9.15. The second-order valence-electron chi connectivity index (χ2n) is 3.45. The summed E-state index contributed by atoms with van der Waals surface area (Å²) in [7, 11) is 0. The second-order valence-corrected chi connectivity index (χ2v) is 3.45. The van der Waals surface area contributed by atoms with Crippen molar-refractivity contribution in [2.24, 2.45) is 5.73 Å². The highest BCUT2D eigenvalue weighted by atomic mass is 16.5. The molecule has 1 rings (SSSR count). The third-order valence-electron chi connectivity index (χ3n) is 2.26. The Hall–Kier alpha value is -1.06. The molecular formula is C12H19NO2. The minimum atomic E-state index is -0.413. The molecule has 1 aromatic rings. The van der Waals surface area contributed by atoms with Crippen molar-refractivity contribution in [1.82, 2.24) is 0 Å². The number of benzene rings is 1. The van der Waals surface area contributed by atoms with Gasteiger partial charge in [-0.2, -0.15) is 0 Å². The van der Waals surface area contributed by atoms with Gasteiger partial charge < -0.3 is 15.6 Å². The van der Waals surface area contributed by atoms with Crippen LogP contribution in [-0.2, 0) is 0 Å². The number of hydrogen-bond donors (Lipinski definition) is 2. The first kappa shape index (κ1) is 12.0. The first-order chi connectivity index (χ1) is 7.27. The van der Waals surface area contributed by atoms with Gasteiger partial charge in [-0.15, -0.1) is 0 Å². The van der Waals surface area contributed by atoms with Gasteiger partial charge in [-0.1, -0.05) is 12.1 Å². The van der Waals surface area contributed by atoms with Gasteiger partial charge in [0.2, 0.25) is 0 Å². The van der Waals surface area contributed by atoms with E-state index in [1.807, 2.05) is 31.2 Å². The van der Waals surface area contributed by atoms with Crippen molar-refractivity contribution in [3.63, 3.8) is 0 Å². The third kappa shape index (κ3) is 3.90. The van der Waals surface area contributed by atoms with Crippen molar-refractivity contribution < 1.29 is 9.84 Å². The molecule has 0 fully saturated rings. The highest BCUT2D eigenvalue weighted by Gasteiger charge is 2.06. The van der Waals surface area contributed by atoms with Crippen LogP contribution in [-0.4, -0.2) is 18.3 Å². The monoisotopic (exact) mass is 209 g/mol. The summed E-state index contributed by atoms with van der Waals surface area (Å²) in [4.78, 5) is 0. The van der Waals surface area contributed by atoms with Crippen LogP contribution in [0.25, 0.3) is 0 Å². The number of nitrogens with two attached hydrogens (primary N) is 1. The molecule has 3 nitrogen and oxygen atoms in total. The van der Waals surface area contributed by atoms with Gasteiger partial charge in [0.1, 0.15) is 5.75 Å². The Labute approximate surface area is 90.9 Å². The van der Waals surface area contributed by atoms with Crippen LogP contribution >= 0.6 is 0 Å². The number of ether oxygens (including phenoxy) is 1. The summed E-state index contributed by atoms with van der Waals surface area (Å²) in [6, 6.07) is 7.55. The smallest absolute Gasteiger partial charge is 0.119 e. The highest BCUT2D eigenvalue weighted by Crippen LogP contribution is 2.20. The van der Waals surface area contributed by atoms with Crippen LogP contribution in [0.4, 0.5) is 0 Å². The predicted molar refractivity (Wildman–Crippen MR) is 60.9 cm³/mol. The molecular weight excluding hydrogens is 190 g/mol. The SMILES string of the molecule is CCOc1ccc(C(O)CCCN)cc1. The first-order valence-electron chi connectivity index (χ1n) is 5.38.